The van der Waals surface area contributed by atoms with Gasteiger partial charge in [-0.3, -0.25) is 0 Å². The van der Waals surface area contributed by atoms with Gasteiger partial charge in [0.05, 0.1) is 0 Å². The van der Waals surface area contributed by atoms with E-state index in [-0.39, 0.29) is 0 Å². The first-order chi connectivity index (χ1) is 5.61. The van der Waals surface area contributed by atoms with Gasteiger partial charge in [-0.2, -0.15) is 0 Å². The quantitative estimate of drug-likeness (QED) is 0.653. The van der Waals surface area contributed by atoms with Crippen LogP contribution in [0.5, 0.6) is 0 Å². The molecule has 0 heterocycles. The molecule has 0 aromatic carbocycles. The Kier molecular flexibility index (Phi) is 6.45. The normalized spacial score (nSPS) is 16.5. The molecule has 74 valence electrons. The third-order valence-corrected chi connectivity index (χ3v) is 2.54. The van der Waals surface area contributed by atoms with E-state index >= 15 is 0 Å². The fourth-order valence-electron chi connectivity index (χ4n) is 1.86. The summed E-state index contributed by atoms with van der Waals surface area (Å²) in [7, 11) is 0. The average molecular weight is 172 g/mol. The molecule has 0 fully saturated rings. The molecule has 12 heavy (non-hydrogen) atoms. The molecular weight excluding hydrogens is 148 g/mol. The van der Waals surface area contributed by atoms with E-state index in [1.165, 1.54) is 19.3 Å². The molecular formula is C11H24O. The summed E-state index contributed by atoms with van der Waals surface area (Å²) < 4.78 is 0. The number of hydrogen-bond donors (Lipinski definition) is 1. The zero-order valence-electron chi connectivity index (χ0n) is 9.01. The minimum absolute atomic E-state index is 0.363. The highest BCUT2D eigenvalue weighted by molar-refractivity contribution is 4.66. The molecule has 0 radical (unpaired) electrons. The van der Waals surface area contributed by atoms with Gasteiger partial charge >= 0.3 is 0 Å². The maximum Gasteiger partial charge on any atom is 0.0461 e. The Hall–Kier alpha value is -0.0400. The van der Waals surface area contributed by atoms with Crippen molar-refractivity contribution in [1.29, 1.82) is 0 Å². The number of aliphatic hydroxyl groups excluding tert-OH is 1. The van der Waals surface area contributed by atoms with Gasteiger partial charge in [0.2, 0.25) is 0 Å². The highest BCUT2D eigenvalue weighted by Gasteiger charge is 2.16. The van der Waals surface area contributed by atoms with E-state index in [1.54, 1.807) is 0 Å². The molecule has 1 N–H and O–H groups in total. The highest BCUT2D eigenvalue weighted by Crippen LogP contribution is 2.23. The van der Waals surface area contributed by atoms with E-state index in [0.717, 1.165) is 5.92 Å². The lowest BCUT2D eigenvalue weighted by Gasteiger charge is -2.22. The number of hydrogen-bond acceptors (Lipinski definition) is 1. The van der Waals surface area contributed by atoms with Crippen LogP contribution in [0.2, 0.25) is 0 Å². The van der Waals surface area contributed by atoms with Gasteiger partial charge in [0.25, 0.3) is 0 Å². The van der Waals surface area contributed by atoms with E-state index in [2.05, 4.69) is 27.7 Å². The number of aliphatic hydroxyl groups is 1. The van der Waals surface area contributed by atoms with Gasteiger partial charge in [-0.05, 0) is 30.6 Å². The summed E-state index contributed by atoms with van der Waals surface area (Å²) in [6.07, 6.45) is 3.60. The molecule has 0 saturated heterocycles. The molecule has 0 rings (SSSR count). The van der Waals surface area contributed by atoms with Crippen LogP contribution >= 0.6 is 0 Å². The summed E-state index contributed by atoms with van der Waals surface area (Å²) in [5.41, 5.74) is 0. The van der Waals surface area contributed by atoms with Crippen LogP contribution in [0.4, 0.5) is 0 Å². The molecule has 0 aliphatic rings. The zero-order chi connectivity index (χ0) is 9.56. The third kappa shape index (κ3) is 4.76. The molecule has 0 aromatic rings. The first-order valence-electron chi connectivity index (χ1n) is 5.22. The van der Waals surface area contributed by atoms with Gasteiger partial charge in [0, 0.05) is 6.61 Å². The summed E-state index contributed by atoms with van der Waals surface area (Å²) in [5.74, 6) is 1.96. The summed E-state index contributed by atoms with van der Waals surface area (Å²) in [6, 6.07) is 0. The lowest BCUT2D eigenvalue weighted by atomic mass is 9.85. The lowest BCUT2D eigenvalue weighted by molar-refractivity contribution is 0.160. The van der Waals surface area contributed by atoms with Gasteiger partial charge in [0.15, 0.2) is 0 Å². The van der Waals surface area contributed by atoms with Crippen LogP contribution in [-0.2, 0) is 0 Å². The third-order valence-electron chi connectivity index (χ3n) is 2.54. The molecule has 0 aromatic heterocycles. The van der Waals surface area contributed by atoms with Crippen molar-refractivity contribution in [2.24, 2.45) is 17.8 Å². The standard InChI is InChI=1S/C11H24O/c1-5-6-11(8-12)10(4)7-9(2)3/h9-12H,5-8H2,1-4H3. The Balaban J connectivity index is 3.76. The summed E-state index contributed by atoms with van der Waals surface area (Å²) >= 11 is 0. The van der Waals surface area contributed by atoms with Crippen LogP contribution in [0.25, 0.3) is 0 Å². The van der Waals surface area contributed by atoms with Gasteiger partial charge in [-0.25, -0.2) is 0 Å². The molecule has 0 bridgehead atoms. The van der Waals surface area contributed by atoms with Crippen molar-refractivity contribution < 1.29 is 5.11 Å². The van der Waals surface area contributed by atoms with E-state index in [0.29, 0.717) is 18.4 Å². The predicted octanol–water partition coefficient (Wildman–Crippen LogP) is 3.08. The van der Waals surface area contributed by atoms with Crippen molar-refractivity contribution in [1.82, 2.24) is 0 Å². The molecule has 0 aliphatic heterocycles. The van der Waals surface area contributed by atoms with Crippen LogP contribution in [0.15, 0.2) is 0 Å². The second-order valence-corrected chi connectivity index (χ2v) is 4.34. The highest BCUT2D eigenvalue weighted by atomic mass is 16.3. The Morgan fingerprint density at radius 2 is 1.75 bits per heavy atom. The van der Waals surface area contributed by atoms with Crippen LogP contribution < -0.4 is 0 Å². The molecule has 1 nitrogen and oxygen atoms in total. The van der Waals surface area contributed by atoms with Crippen LogP contribution in [-0.4, -0.2) is 11.7 Å². The van der Waals surface area contributed by atoms with E-state index < -0.39 is 0 Å². The van der Waals surface area contributed by atoms with Crippen LogP contribution in [0.3, 0.4) is 0 Å². The van der Waals surface area contributed by atoms with Gasteiger partial charge < -0.3 is 5.11 Å². The van der Waals surface area contributed by atoms with Crippen molar-refractivity contribution in [3.05, 3.63) is 0 Å². The van der Waals surface area contributed by atoms with Crippen LogP contribution in [0.1, 0.15) is 47.0 Å². The Morgan fingerprint density at radius 3 is 2.08 bits per heavy atom. The molecule has 2 unspecified atom stereocenters. The lowest BCUT2D eigenvalue weighted by Crippen LogP contribution is -2.17. The fourth-order valence-corrected chi connectivity index (χ4v) is 1.86. The topological polar surface area (TPSA) is 20.2 Å². The van der Waals surface area contributed by atoms with Gasteiger partial charge in [-0.15, -0.1) is 0 Å². The summed E-state index contributed by atoms with van der Waals surface area (Å²) in [5, 5.41) is 9.14. The molecule has 0 amide bonds. The van der Waals surface area contributed by atoms with Gasteiger partial charge in [-0.1, -0.05) is 34.1 Å². The monoisotopic (exact) mass is 172 g/mol. The molecule has 2 atom stereocenters. The Bertz CT molecular complexity index is 99.2. The number of rotatable bonds is 6. The first-order valence-corrected chi connectivity index (χ1v) is 5.22. The molecule has 0 spiro atoms. The molecule has 0 aliphatic carbocycles. The summed E-state index contributed by atoms with van der Waals surface area (Å²) in [6.45, 7) is 9.30. The zero-order valence-corrected chi connectivity index (χ0v) is 9.01. The minimum atomic E-state index is 0.363. The minimum Gasteiger partial charge on any atom is -0.396 e. The SMILES string of the molecule is CCCC(CO)C(C)CC(C)C. The van der Waals surface area contributed by atoms with E-state index in [9.17, 15) is 0 Å². The van der Waals surface area contributed by atoms with Crippen molar-refractivity contribution >= 4 is 0 Å². The maximum absolute atomic E-state index is 9.14. The largest absolute Gasteiger partial charge is 0.396 e. The second kappa shape index (κ2) is 6.47. The second-order valence-electron chi connectivity index (χ2n) is 4.34. The van der Waals surface area contributed by atoms with E-state index in [1.807, 2.05) is 0 Å². The van der Waals surface area contributed by atoms with Gasteiger partial charge in [0.1, 0.15) is 0 Å². The molecule has 0 saturated carbocycles. The predicted molar refractivity (Wildman–Crippen MR) is 54.1 cm³/mol. The van der Waals surface area contributed by atoms with Crippen LogP contribution in [0, 0.1) is 17.8 Å². The smallest absolute Gasteiger partial charge is 0.0461 e. The average Bonchev–Trinajstić information content (AvgIpc) is 1.98. The first kappa shape index (κ1) is 12.0. The van der Waals surface area contributed by atoms with Crippen molar-refractivity contribution in [2.45, 2.75) is 47.0 Å². The summed E-state index contributed by atoms with van der Waals surface area (Å²) in [4.78, 5) is 0. The van der Waals surface area contributed by atoms with Crippen molar-refractivity contribution in [2.75, 3.05) is 6.61 Å². The molecule has 1 heteroatoms. The van der Waals surface area contributed by atoms with Crippen molar-refractivity contribution in [3.63, 3.8) is 0 Å². The van der Waals surface area contributed by atoms with Crippen molar-refractivity contribution in [3.8, 4) is 0 Å². The Labute approximate surface area is 77.2 Å². The van der Waals surface area contributed by atoms with E-state index in [4.69, 9.17) is 5.11 Å². The fraction of sp³-hybridized carbons (Fsp3) is 1.00. The Morgan fingerprint density at radius 1 is 1.17 bits per heavy atom. The maximum atomic E-state index is 9.14.